The van der Waals surface area contributed by atoms with Crippen molar-refractivity contribution < 1.29 is 18.5 Å². The van der Waals surface area contributed by atoms with E-state index in [2.05, 4.69) is 15.8 Å². The van der Waals surface area contributed by atoms with E-state index in [4.69, 9.17) is 0 Å². The number of nitrogens with two attached hydrogens (primary N) is 1. The van der Waals surface area contributed by atoms with Crippen molar-refractivity contribution in [3.8, 4) is 0 Å². The third-order valence-corrected chi connectivity index (χ3v) is 6.63. The Labute approximate surface area is 165 Å². The number of rotatable bonds is 5. The van der Waals surface area contributed by atoms with Crippen molar-refractivity contribution in [3.63, 3.8) is 0 Å². The Hall–Kier alpha value is -2.55. The fourth-order valence-electron chi connectivity index (χ4n) is 2.95. The topological polar surface area (TPSA) is 95.4 Å². The van der Waals surface area contributed by atoms with Gasteiger partial charge in [0.05, 0.1) is 36.8 Å². The zero-order valence-corrected chi connectivity index (χ0v) is 16.9. The molecule has 2 aromatic carbocycles. The number of sulfonamides is 1. The van der Waals surface area contributed by atoms with Gasteiger partial charge in [0.1, 0.15) is 0 Å². The summed E-state index contributed by atoms with van der Waals surface area (Å²) in [6.07, 6.45) is 0. The molecule has 0 unspecified atom stereocenters. The molecule has 3 rings (SSSR count). The molecule has 0 aromatic heterocycles. The number of hydrogen-bond acceptors (Lipinski definition) is 4. The maximum atomic E-state index is 12.7. The Bertz CT molecular complexity index is 962. The van der Waals surface area contributed by atoms with Gasteiger partial charge in [-0.2, -0.15) is 9.41 Å². The Kier molecular flexibility index (Phi) is 6.23. The molecule has 148 valence electrons. The highest BCUT2D eigenvalue weighted by Crippen LogP contribution is 2.16. The molecule has 1 fully saturated rings. The number of benzene rings is 2. The summed E-state index contributed by atoms with van der Waals surface area (Å²) >= 11 is 0. The van der Waals surface area contributed by atoms with Gasteiger partial charge in [0.15, 0.2) is 0 Å². The van der Waals surface area contributed by atoms with Crippen molar-refractivity contribution in [1.29, 1.82) is 0 Å². The highest BCUT2D eigenvalue weighted by molar-refractivity contribution is 7.89. The zero-order valence-electron chi connectivity index (χ0n) is 16.1. The number of nitrogens with zero attached hydrogens (tertiary/aromatic N) is 2. The maximum Gasteiger partial charge on any atom is 0.271 e. The predicted molar refractivity (Wildman–Crippen MR) is 108 cm³/mol. The van der Waals surface area contributed by atoms with Crippen LogP contribution in [0.4, 0.5) is 0 Å². The van der Waals surface area contributed by atoms with Crippen LogP contribution in [0, 0.1) is 6.92 Å². The van der Waals surface area contributed by atoms with E-state index in [1.165, 1.54) is 4.31 Å². The lowest BCUT2D eigenvalue weighted by Gasteiger charge is -2.24. The number of hydrazone groups is 1. The molecule has 1 heterocycles. The molecule has 0 spiro atoms. The molecule has 1 aliphatic heterocycles. The van der Waals surface area contributed by atoms with E-state index in [9.17, 15) is 13.2 Å². The van der Waals surface area contributed by atoms with E-state index in [0.717, 1.165) is 24.2 Å². The van der Waals surface area contributed by atoms with Crippen molar-refractivity contribution in [2.24, 2.45) is 5.10 Å². The molecule has 1 amide bonds. The second-order valence-corrected chi connectivity index (χ2v) is 8.74. The highest BCUT2D eigenvalue weighted by atomic mass is 32.2. The summed E-state index contributed by atoms with van der Waals surface area (Å²) < 4.78 is 26.9. The number of nitrogens with one attached hydrogen (secondary N) is 1. The summed E-state index contributed by atoms with van der Waals surface area (Å²) in [6, 6.07) is 13.8. The van der Waals surface area contributed by atoms with Crippen LogP contribution >= 0.6 is 0 Å². The predicted octanol–water partition coefficient (Wildman–Crippen LogP) is 0.717. The number of carbonyl (C=O) groups is 1. The van der Waals surface area contributed by atoms with Crippen molar-refractivity contribution in [3.05, 3.63) is 65.2 Å². The van der Waals surface area contributed by atoms with Crippen molar-refractivity contribution in [2.45, 2.75) is 18.7 Å². The first-order valence-electron chi connectivity index (χ1n) is 9.21. The van der Waals surface area contributed by atoms with Crippen LogP contribution in [0.3, 0.4) is 0 Å². The minimum Gasteiger partial charge on any atom is -0.344 e. The van der Waals surface area contributed by atoms with Crippen LogP contribution in [0.1, 0.15) is 28.4 Å². The summed E-state index contributed by atoms with van der Waals surface area (Å²) in [5.41, 5.74) is 5.48. The fourth-order valence-corrected chi connectivity index (χ4v) is 4.42. The maximum absolute atomic E-state index is 12.7. The molecule has 1 aliphatic rings. The van der Waals surface area contributed by atoms with Gasteiger partial charge in [0.25, 0.3) is 5.91 Å². The van der Waals surface area contributed by atoms with Crippen molar-refractivity contribution in [2.75, 3.05) is 26.2 Å². The lowest BCUT2D eigenvalue weighted by atomic mass is 10.1. The molecular weight excluding hydrogens is 376 g/mol. The highest BCUT2D eigenvalue weighted by Gasteiger charge is 2.27. The van der Waals surface area contributed by atoms with E-state index < -0.39 is 10.0 Å². The number of aryl methyl sites for hydroxylation is 1. The molecule has 0 saturated carbocycles. The summed E-state index contributed by atoms with van der Waals surface area (Å²) in [4.78, 5) is 12.4. The normalized spacial score (nSPS) is 16.0. The molecule has 8 heteroatoms. The SMILES string of the molecule is C/C(=N/NC(=O)c1ccc(C)cc1)c1ccc(S(=O)(=O)N2CC[NH2+]CC2)cc1. The van der Waals surface area contributed by atoms with Gasteiger partial charge in [0, 0.05) is 5.56 Å². The van der Waals surface area contributed by atoms with Crippen LogP contribution in [0.5, 0.6) is 0 Å². The summed E-state index contributed by atoms with van der Waals surface area (Å²) in [5, 5.41) is 6.24. The molecule has 0 atom stereocenters. The van der Waals surface area contributed by atoms with E-state index in [1.54, 1.807) is 43.3 Å². The fraction of sp³-hybridized carbons (Fsp3) is 0.300. The summed E-state index contributed by atoms with van der Waals surface area (Å²) in [7, 11) is -3.47. The summed E-state index contributed by atoms with van der Waals surface area (Å²) in [5.74, 6) is -0.291. The molecule has 3 N–H and O–H groups in total. The lowest BCUT2D eigenvalue weighted by Crippen LogP contribution is -2.89. The molecule has 7 nitrogen and oxygen atoms in total. The Morgan fingerprint density at radius 3 is 2.18 bits per heavy atom. The third-order valence-electron chi connectivity index (χ3n) is 4.71. The zero-order chi connectivity index (χ0) is 20.1. The number of piperazine rings is 1. The third kappa shape index (κ3) is 4.64. The van der Waals surface area contributed by atoms with Gasteiger partial charge >= 0.3 is 0 Å². The van der Waals surface area contributed by atoms with Crippen LogP contribution in [0.25, 0.3) is 0 Å². The van der Waals surface area contributed by atoms with Gasteiger partial charge in [-0.1, -0.05) is 29.8 Å². The number of carbonyl (C=O) groups excluding carboxylic acids is 1. The smallest absolute Gasteiger partial charge is 0.271 e. The second kappa shape index (κ2) is 8.64. The van der Waals surface area contributed by atoms with Gasteiger partial charge in [0.2, 0.25) is 10.0 Å². The van der Waals surface area contributed by atoms with Crippen molar-refractivity contribution in [1.82, 2.24) is 9.73 Å². The van der Waals surface area contributed by atoms with Gasteiger partial charge in [-0.3, -0.25) is 4.79 Å². The van der Waals surface area contributed by atoms with Gasteiger partial charge in [-0.15, -0.1) is 0 Å². The molecule has 0 aliphatic carbocycles. The largest absolute Gasteiger partial charge is 0.344 e. The van der Waals surface area contributed by atoms with Gasteiger partial charge in [-0.25, -0.2) is 13.8 Å². The van der Waals surface area contributed by atoms with Crippen LogP contribution in [-0.2, 0) is 10.0 Å². The Morgan fingerprint density at radius 1 is 1.00 bits per heavy atom. The Morgan fingerprint density at radius 2 is 1.57 bits per heavy atom. The monoisotopic (exact) mass is 401 g/mol. The first-order valence-corrected chi connectivity index (χ1v) is 10.7. The summed E-state index contributed by atoms with van der Waals surface area (Å²) in [6.45, 7) is 6.33. The first-order chi connectivity index (χ1) is 13.4. The number of quaternary nitrogens is 1. The molecular formula is C20H25N4O3S+. The Balaban J connectivity index is 1.69. The number of hydrogen-bond donors (Lipinski definition) is 2. The van der Waals surface area contributed by atoms with Crippen LogP contribution < -0.4 is 10.7 Å². The minimum absolute atomic E-state index is 0.273. The second-order valence-electron chi connectivity index (χ2n) is 6.80. The lowest BCUT2D eigenvalue weighted by molar-refractivity contribution is -0.661. The van der Waals surface area contributed by atoms with Gasteiger partial charge in [-0.05, 0) is 43.7 Å². The first kappa shape index (κ1) is 20.2. The molecule has 1 saturated heterocycles. The average molecular weight is 402 g/mol. The molecule has 0 bridgehead atoms. The standard InChI is InChI=1S/C20H24N4O3S/c1-15-3-5-18(6-4-15)20(25)23-22-16(2)17-7-9-19(10-8-17)28(26,27)24-13-11-21-12-14-24/h3-10,21H,11-14H2,1-2H3,(H,23,25)/p+1/b22-16-. The van der Waals surface area contributed by atoms with E-state index in [-0.39, 0.29) is 10.8 Å². The van der Waals surface area contributed by atoms with Crippen LogP contribution in [0.2, 0.25) is 0 Å². The molecule has 28 heavy (non-hydrogen) atoms. The van der Waals surface area contributed by atoms with Crippen LogP contribution in [0.15, 0.2) is 58.5 Å². The number of amides is 1. The van der Waals surface area contributed by atoms with E-state index >= 15 is 0 Å². The molecule has 2 aromatic rings. The average Bonchev–Trinajstić information content (AvgIpc) is 2.73. The van der Waals surface area contributed by atoms with Crippen LogP contribution in [-0.4, -0.2) is 50.5 Å². The van der Waals surface area contributed by atoms with E-state index in [0.29, 0.717) is 24.4 Å². The quantitative estimate of drug-likeness (QED) is 0.571. The van der Waals surface area contributed by atoms with E-state index in [1.807, 2.05) is 19.1 Å². The molecule has 0 radical (unpaired) electrons. The van der Waals surface area contributed by atoms with Crippen molar-refractivity contribution >= 4 is 21.6 Å². The minimum atomic E-state index is -3.47. The van der Waals surface area contributed by atoms with Gasteiger partial charge < -0.3 is 5.32 Å².